The molecule has 4 rings (SSSR count). The maximum absolute atomic E-state index is 12.3. The van der Waals surface area contributed by atoms with Gasteiger partial charge < -0.3 is 20.1 Å². The maximum atomic E-state index is 12.3. The second-order valence-corrected chi connectivity index (χ2v) is 5.43. The van der Waals surface area contributed by atoms with Gasteiger partial charge in [-0.1, -0.05) is 0 Å². The van der Waals surface area contributed by atoms with E-state index < -0.39 is 36.7 Å². The van der Waals surface area contributed by atoms with Gasteiger partial charge in [-0.25, -0.2) is 4.98 Å². The molecular formula is C12H13N5O6. The normalized spacial score (nSPS) is 30.0. The third-order valence-electron chi connectivity index (χ3n) is 4.03. The molecule has 11 heteroatoms. The molecule has 122 valence electrons. The van der Waals surface area contributed by atoms with Gasteiger partial charge in [-0.15, -0.1) is 0 Å². The fraction of sp³-hybridized carbons (Fsp3) is 0.500. The van der Waals surface area contributed by atoms with Crippen LogP contribution >= 0.6 is 0 Å². The molecule has 1 saturated heterocycles. The Kier molecular flexibility index (Phi) is 2.99. The zero-order valence-corrected chi connectivity index (χ0v) is 11.7. The third-order valence-corrected chi connectivity index (χ3v) is 4.03. The van der Waals surface area contributed by atoms with Crippen molar-refractivity contribution in [3.8, 4) is 0 Å². The average Bonchev–Trinajstić information content (AvgIpc) is 3.18. The SMILES string of the molecule is O=C1Cn2c(nc3c(ncn3[C@@H]3O[C@H](CO)[C@@H](O)[C@H]3O)c2=O)N1. The summed E-state index contributed by atoms with van der Waals surface area (Å²) in [5.41, 5.74) is -0.366. The molecule has 1 amide bonds. The topological polar surface area (TPSA) is 152 Å². The van der Waals surface area contributed by atoms with Crippen molar-refractivity contribution >= 4 is 23.0 Å². The first-order valence-corrected chi connectivity index (χ1v) is 6.91. The number of fused-ring (bicyclic) bond motifs is 2. The molecule has 4 N–H and O–H groups in total. The van der Waals surface area contributed by atoms with Gasteiger partial charge in [0.15, 0.2) is 17.4 Å². The van der Waals surface area contributed by atoms with Gasteiger partial charge in [0.1, 0.15) is 24.9 Å². The lowest BCUT2D eigenvalue weighted by molar-refractivity contribution is -0.115. The summed E-state index contributed by atoms with van der Waals surface area (Å²) < 4.78 is 7.87. The summed E-state index contributed by atoms with van der Waals surface area (Å²) in [5, 5.41) is 31.5. The van der Waals surface area contributed by atoms with Crippen molar-refractivity contribution < 1.29 is 24.9 Å². The number of hydrogen-bond donors (Lipinski definition) is 4. The van der Waals surface area contributed by atoms with Crippen molar-refractivity contribution in [3.05, 3.63) is 16.7 Å². The van der Waals surface area contributed by atoms with Gasteiger partial charge in [0.05, 0.1) is 12.9 Å². The first-order valence-electron chi connectivity index (χ1n) is 6.91. The minimum atomic E-state index is -1.32. The number of carbonyl (C=O) groups excluding carboxylic acids is 1. The summed E-state index contributed by atoms with van der Waals surface area (Å²) in [5.74, 6) is -0.275. The lowest BCUT2D eigenvalue weighted by Gasteiger charge is -2.16. The maximum Gasteiger partial charge on any atom is 0.283 e. The summed E-state index contributed by atoms with van der Waals surface area (Å²) in [7, 11) is 0. The van der Waals surface area contributed by atoms with Crippen LogP contribution < -0.4 is 10.9 Å². The molecule has 2 aliphatic rings. The number of amides is 1. The zero-order chi connectivity index (χ0) is 16.3. The number of imidazole rings is 1. The monoisotopic (exact) mass is 323 g/mol. The van der Waals surface area contributed by atoms with Crippen LogP contribution in [0.5, 0.6) is 0 Å². The van der Waals surface area contributed by atoms with E-state index in [1.165, 1.54) is 15.5 Å². The number of rotatable bonds is 2. The molecule has 4 atom stereocenters. The van der Waals surface area contributed by atoms with Gasteiger partial charge >= 0.3 is 0 Å². The number of nitrogens with one attached hydrogen (secondary N) is 1. The molecule has 0 saturated carbocycles. The predicted octanol–water partition coefficient (Wildman–Crippen LogP) is -2.84. The van der Waals surface area contributed by atoms with Crippen LogP contribution in [0.4, 0.5) is 5.95 Å². The Morgan fingerprint density at radius 3 is 2.83 bits per heavy atom. The highest BCUT2D eigenvalue weighted by Crippen LogP contribution is 2.31. The second-order valence-electron chi connectivity index (χ2n) is 5.43. The van der Waals surface area contributed by atoms with Gasteiger partial charge in [0.25, 0.3) is 5.56 Å². The van der Waals surface area contributed by atoms with Gasteiger partial charge in [-0.05, 0) is 0 Å². The number of aliphatic hydroxyl groups is 3. The lowest BCUT2D eigenvalue weighted by atomic mass is 10.1. The van der Waals surface area contributed by atoms with Crippen LogP contribution in [0, 0.1) is 0 Å². The van der Waals surface area contributed by atoms with E-state index in [4.69, 9.17) is 9.84 Å². The van der Waals surface area contributed by atoms with Crippen molar-refractivity contribution in [2.24, 2.45) is 0 Å². The lowest BCUT2D eigenvalue weighted by Crippen LogP contribution is -2.33. The van der Waals surface area contributed by atoms with Gasteiger partial charge in [0, 0.05) is 0 Å². The Morgan fingerprint density at radius 2 is 2.13 bits per heavy atom. The van der Waals surface area contributed by atoms with Gasteiger partial charge in [-0.2, -0.15) is 4.98 Å². The fourth-order valence-electron chi connectivity index (χ4n) is 2.85. The van der Waals surface area contributed by atoms with E-state index in [1.54, 1.807) is 0 Å². The van der Waals surface area contributed by atoms with Gasteiger partial charge in [-0.3, -0.25) is 24.0 Å². The first kappa shape index (κ1) is 14.3. The van der Waals surface area contributed by atoms with Crippen molar-refractivity contribution in [2.75, 3.05) is 11.9 Å². The number of aromatic nitrogens is 4. The molecule has 0 bridgehead atoms. The average molecular weight is 323 g/mol. The number of ether oxygens (including phenoxy) is 1. The van der Waals surface area contributed by atoms with Crippen LogP contribution in [-0.2, 0) is 16.1 Å². The molecule has 0 aliphatic carbocycles. The number of hydrogen-bond acceptors (Lipinski definition) is 8. The van der Waals surface area contributed by atoms with Gasteiger partial charge in [0.2, 0.25) is 11.9 Å². The molecule has 1 fully saturated rings. The summed E-state index contributed by atoms with van der Waals surface area (Å²) in [6.45, 7) is -0.597. The van der Waals surface area contributed by atoms with Crippen LogP contribution in [0.2, 0.25) is 0 Å². The van der Waals surface area contributed by atoms with E-state index in [0.29, 0.717) is 0 Å². The molecule has 11 nitrogen and oxygen atoms in total. The third kappa shape index (κ3) is 1.91. The standard InChI is InChI=1S/C12H13N5O6/c18-2-4-7(20)8(21)11(23-4)17-3-13-6-9(17)15-12-14-5(19)1-16(12)10(6)22/h3-4,7-8,11,18,20-21H,1-2H2,(H,14,15,19)/t4-,7-,8-,11-/m1/s1. The highest BCUT2D eigenvalue weighted by atomic mass is 16.6. The van der Waals surface area contributed by atoms with Crippen molar-refractivity contribution in [2.45, 2.75) is 31.1 Å². The molecule has 4 heterocycles. The van der Waals surface area contributed by atoms with Crippen LogP contribution in [0.15, 0.2) is 11.1 Å². The number of nitrogens with zero attached hydrogens (tertiary/aromatic N) is 4. The van der Waals surface area contributed by atoms with Crippen molar-refractivity contribution in [1.82, 2.24) is 19.1 Å². The number of anilines is 1. The molecule has 0 radical (unpaired) electrons. The van der Waals surface area contributed by atoms with E-state index in [9.17, 15) is 19.8 Å². The minimum absolute atomic E-state index is 0.0167. The minimum Gasteiger partial charge on any atom is -0.394 e. The zero-order valence-electron chi connectivity index (χ0n) is 11.7. The Morgan fingerprint density at radius 1 is 1.35 bits per heavy atom. The molecule has 0 unspecified atom stereocenters. The molecule has 23 heavy (non-hydrogen) atoms. The Labute approximate surface area is 127 Å². The van der Waals surface area contributed by atoms with E-state index >= 15 is 0 Å². The Balaban J connectivity index is 1.84. The van der Waals surface area contributed by atoms with E-state index in [-0.39, 0.29) is 29.6 Å². The molecule has 2 aromatic heterocycles. The molecule has 2 aliphatic heterocycles. The van der Waals surface area contributed by atoms with Crippen molar-refractivity contribution in [3.63, 3.8) is 0 Å². The fourth-order valence-corrected chi connectivity index (χ4v) is 2.85. The Hall–Kier alpha value is -2.34. The first-order chi connectivity index (χ1) is 11.0. The predicted molar refractivity (Wildman–Crippen MR) is 73.4 cm³/mol. The second kappa shape index (κ2) is 4.83. The summed E-state index contributed by atoms with van der Waals surface area (Å²) >= 11 is 0. The molecule has 0 aromatic carbocycles. The molecule has 2 aromatic rings. The Bertz CT molecular complexity index is 859. The summed E-state index contributed by atoms with van der Waals surface area (Å²) in [6, 6.07) is 0. The largest absolute Gasteiger partial charge is 0.394 e. The van der Waals surface area contributed by atoms with Crippen molar-refractivity contribution in [1.29, 1.82) is 0 Å². The number of carbonyl (C=O) groups is 1. The van der Waals surface area contributed by atoms with Crippen LogP contribution in [0.1, 0.15) is 6.23 Å². The van der Waals surface area contributed by atoms with E-state index in [1.807, 2.05) is 0 Å². The highest BCUT2D eigenvalue weighted by molar-refractivity contribution is 5.93. The highest BCUT2D eigenvalue weighted by Gasteiger charge is 2.44. The summed E-state index contributed by atoms with van der Waals surface area (Å²) in [4.78, 5) is 31.9. The van der Waals surface area contributed by atoms with Crippen LogP contribution in [0.25, 0.3) is 11.2 Å². The molecular weight excluding hydrogens is 310 g/mol. The summed E-state index contributed by atoms with van der Waals surface area (Å²) in [6.07, 6.45) is -3.35. The quantitative estimate of drug-likeness (QED) is 0.461. The van der Waals surface area contributed by atoms with Crippen LogP contribution in [-0.4, -0.2) is 65.2 Å². The van der Waals surface area contributed by atoms with E-state index in [0.717, 1.165) is 0 Å². The number of aliphatic hydroxyl groups excluding tert-OH is 3. The van der Waals surface area contributed by atoms with E-state index in [2.05, 4.69) is 15.3 Å². The smallest absolute Gasteiger partial charge is 0.283 e. The molecule has 0 spiro atoms. The van der Waals surface area contributed by atoms with Crippen LogP contribution in [0.3, 0.4) is 0 Å².